The predicted molar refractivity (Wildman–Crippen MR) is 116 cm³/mol. The third kappa shape index (κ3) is 6.43. The first-order valence-corrected chi connectivity index (χ1v) is 13.8. The topological polar surface area (TPSA) is 176 Å². The monoisotopic (exact) mass is 526 g/mol. The lowest BCUT2D eigenvalue weighted by atomic mass is 10.0. The SMILES string of the molecule is CCN(C(=O)OC(C)COC(=O)COC(C)=O)[C@H]1C[C@H](C)S(=O)(=O)c2sc(S(N)(=O)=O)cc21. The number of sulfone groups is 1. The van der Waals surface area contributed by atoms with E-state index in [-0.39, 0.29) is 33.6 Å². The Labute approximate surface area is 195 Å². The zero-order valence-electron chi connectivity index (χ0n) is 18.5. The molecule has 1 aromatic heterocycles. The number of nitrogens with zero attached hydrogens (tertiary/aromatic N) is 1. The second kappa shape index (κ2) is 10.4. The number of thiophene rings is 1. The maximum absolute atomic E-state index is 12.8. The molecule has 2 heterocycles. The standard InChI is InChI=1S/C18H26N2O10S3/c1-5-20(18(23)30-10(2)8-29-15(22)9-28-12(4)21)14-6-11(3)32(24,25)17-13(14)7-16(31-17)33(19,26)27/h7,10-11,14H,5-6,8-9H2,1-4H3,(H2,19,26,27)/t10?,11-,14-/m0/s1. The molecule has 33 heavy (non-hydrogen) atoms. The largest absolute Gasteiger partial charge is 0.459 e. The highest BCUT2D eigenvalue weighted by Gasteiger charge is 2.43. The number of hydrogen-bond donors (Lipinski definition) is 1. The normalized spacial score (nSPS) is 20.3. The minimum Gasteiger partial charge on any atom is -0.459 e. The summed E-state index contributed by atoms with van der Waals surface area (Å²) in [4.78, 5) is 36.4. The van der Waals surface area contributed by atoms with Gasteiger partial charge in [0.15, 0.2) is 16.4 Å². The van der Waals surface area contributed by atoms with Crippen molar-refractivity contribution in [1.82, 2.24) is 4.90 Å². The summed E-state index contributed by atoms with van der Waals surface area (Å²) < 4.78 is 63.4. The molecule has 1 aliphatic rings. The Kier molecular flexibility index (Phi) is 8.48. The van der Waals surface area contributed by atoms with Gasteiger partial charge >= 0.3 is 18.0 Å². The van der Waals surface area contributed by atoms with Crippen LogP contribution in [0.25, 0.3) is 0 Å². The summed E-state index contributed by atoms with van der Waals surface area (Å²) in [5, 5.41) is 4.31. The average molecular weight is 527 g/mol. The molecule has 2 rings (SSSR count). The summed E-state index contributed by atoms with van der Waals surface area (Å²) in [7, 11) is -7.93. The van der Waals surface area contributed by atoms with Crippen LogP contribution in [0.1, 0.15) is 45.7 Å². The van der Waals surface area contributed by atoms with Crippen molar-refractivity contribution in [2.24, 2.45) is 5.14 Å². The van der Waals surface area contributed by atoms with Gasteiger partial charge in [0, 0.05) is 19.0 Å². The van der Waals surface area contributed by atoms with Crippen LogP contribution in [0.4, 0.5) is 4.79 Å². The van der Waals surface area contributed by atoms with Crippen molar-refractivity contribution in [2.45, 2.75) is 59.9 Å². The van der Waals surface area contributed by atoms with E-state index in [1.54, 1.807) is 6.92 Å². The van der Waals surface area contributed by atoms with Gasteiger partial charge in [0.1, 0.15) is 21.1 Å². The van der Waals surface area contributed by atoms with E-state index in [1.807, 2.05) is 0 Å². The molecule has 1 aliphatic heterocycles. The van der Waals surface area contributed by atoms with Crippen LogP contribution in [0.5, 0.6) is 0 Å². The van der Waals surface area contributed by atoms with Gasteiger partial charge in [-0.05, 0) is 33.3 Å². The first-order valence-electron chi connectivity index (χ1n) is 9.85. The lowest BCUT2D eigenvalue weighted by molar-refractivity contribution is -0.159. The third-order valence-electron chi connectivity index (χ3n) is 4.81. The Morgan fingerprint density at radius 1 is 1.30 bits per heavy atom. The summed E-state index contributed by atoms with van der Waals surface area (Å²) in [6.45, 7) is 5.02. The number of ether oxygens (including phenoxy) is 3. The van der Waals surface area contributed by atoms with Crippen molar-refractivity contribution in [1.29, 1.82) is 0 Å². The Morgan fingerprint density at radius 3 is 2.48 bits per heavy atom. The van der Waals surface area contributed by atoms with Crippen LogP contribution < -0.4 is 5.14 Å². The molecule has 0 saturated heterocycles. The number of hydrogen-bond acceptors (Lipinski definition) is 11. The van der Waals surface area contributed by atoms with Crippen molar-refractivity contribution in [2.75, 3.05) is 19.8 Å². The molecule has 1 unspecified atom stereocenters. The lowest BCUT2D eigenvalue weighted by Crippen LogP contribution is -2.42. The number of rotatable bonds is 8. The minimum atomic E-state index is -4.15. The highest BCUT2D eigenvalue weighted by molar-refractivity contribution is 7.95. The molecule has 12 nitrogen and oxygen atoms in total. The fourth-order valence-electron chi connectivity index (χ4n) is 3.17. The molecule has 0 spiro atoms. The van der Waals surface area contributed by atoms with E-state index in [2.05, 4.69) is 4.74 Å². The molecule has 15 heteroatoms. The molecule has 3 atom stereocenters. The maximum Gasteiger partial charge on any atom is 0.410 e. The van der Waals surface area contributed by atoms with Crippen molar-refractivity contribution < 1.29 is 45.4 Å². The highest BCUT2D eigenvalue weighted by Crippen LogP contribution is 2.45. The van der Waals surface area contributed by atoms with E-state index in [4.69, 9.17) is 14.6 Å². The van der Waals surface area contributed by atoms with Crippen LogP contribution in [-0.4, -0.2) is 70.9 Å². The van der Waals surface area contributed by atoms with E-state index in [0.29, 0.717) is 11.3 Å². The quantitative estimate of drug-likeness (QED) is 0.379. The van der Waals surface area contributed by atoms with Crippen molar-refractivity contribution in [3.8, 4) is 0 Å². The number of amides is 1. The van der Waals surface area contributed by atoms with Gasteiger partial charge in [-0.1, -0.05) is 0 Å². The van der Waals surface area contributed by atoms with Gasteiger partial charge in [-0.25, -0.2) is 31.6 Å². The molecular formula is C18H26N2O10S3. The third-order valence-corrected chi connectivity index (χ3v) is 10.1. The molecule has 0 aromatic carbocycles. The first kappa shape index (κ1) is 27.0. The Bertz CT molecular complexity index is 1130. The predicted octanol–water partition coefficient (Wildman–Crippen LogP) is 0.956. The van der Waals surface area contributed by atoms with E-state index in [0.717, 1.165) is 6.92 Å². The minimum absolute atomic E-state index is 0.0326. The van der Waals surface area contributed by atoms with E-state index < -0.39 is 61.9 Å². The van der Waals surface area contributed by atoms with Crippen LogP contribution in [0.2, 0.25) is 0 Å². The molecule has 0 aliphatic carbocycles. The Balaban J connectivity index is 2.19. The van der Waals surface area contributed by atoms with Gasteiger partial charge in [-0.2, -0.15) is 0 Å². The van der Waals surface area contributed by atoms with E-state index in [1.165, 1.54) is 24.8 Å². The molecule has 0 fully saturated rings. The van der Waals surface area contributed by atoms with Gasteiger partial charge in [-0.3, -0.25) is 4.79 Å². The van der Waals surface area contributed by atoms with Gasteiger partial charge in [0.05, 0.1) is 11.3 Å². The van der Waals surface area contributed by atoms with Crippen molar-refractivity contribution in [3.05, 3.63) is 11.6 Å². The summed E-state index contributed by atoms with van der Waals surface area (Å²) in [6.07, 6.45) is -1.63. The van der Waals surface area contributed by atoms with Gasteiger partial charge in [0.25, 0.3) is 0 Å². The molecule has 2 N–H and O–H groups in total. The first-order chi connectivity index (χ1) is 15.2. The number of primary sulfonamides is 1. The van der Waals surface area contributed by atoms with Crippen LogP contribution >= 0.6 is 11.3 Å². The van der Waals surface area contributed by atoms with Gasteiger partial charge in [0.2, 0.25) is 10.0 Å². The van der Waals surface area contributed by atoms with Gasteiger partial charge in [-0.15, -0.1) is 11.3 Å². The number of carbonyl (C=O) groups is 3. The second-order valence-corrected chi connectivity index (χ2v) is 12.8. The maximum atomic E-state index is 12.8. The second-order valence-electron chi connectivity index (χ2n) is 7.40. The van der Waals surface area contributed by atoms with E-state index >= 15 is 0 Å². The average Bonchev–Trinajstić information content (AvgIpc) is 3.16. The summed E-state index contributed by atoms with van der Waals surface area (Å²) >= 11 is 0.555. The molecular weight excluding hydrogens is 500 g/mol. The number of sulfonamides is 1. The van der Waals surface area contributed by atoms with Crippen LogP contribution in [-0.2, 0) is 43.7 Å². The van der Waals surface area contributed by atoms with Crippen LogP contribution in [0, 0.1) is 0 Å². The summed E-state index contributed by atoms with van der Waals surface area (Å²) in [6, 6.07) is 0.418. The molecule has 186 valence electrons. The number of nitrogens with two attached hydrogens (primary N) is 1. The molecule has 1 amide bonds. The lowest BCUT2D eigenvalue weighted by Gasteiger charge is -2.35. The highest BCUT2D eigenvalue weighted by atomic mass is 32.3. The number of fused-ring (bicyclic) bond motifs is 1. The smallest absolute Gasteiger partial charge is 0.410 e. The van der Waals surface area contributed by atoms with Crippen molar-refractivity contribution in [3.63, 3.8) is 0 Å². The summed E-state index contributed by atoms with van der Waals surface area (Å²) in [5.74, 6) is -1.46. The number of carbonyl (C=O) groups excluding carboxylic acids is 3. The Morgan fingerprint density at radius 2 is 1.94 bits per heavy atom. The van der Waals surface area contributed by atoms with Crippen molar-refractivity contribution >= 4 is 49.2 Å². The van der Waals surface area contributed by atoms with Gasteiger partial charge < -0.3 is 19.1 Å². The van der Waals surface area contributed by atoms with Crippen LogP contribution in [0.3, 0.4) is 0 Å². The zero-order valence-corrected chi connectivity index (χ0v) is 20.9. The fourth-order valence-corrected chi connectivity index (χ4v) is 7.57. The number of esters is 2. The molecule has 1 aromatic rings. The molecule has 0 radical (unpaired) electrons. The van der Waals surface area contributed by atoms with E-state index in [9.17, 15) is 31.2 Å². The fraction of sp³-hybridized carbons (Fsp3) is 0.611. The zero-order chi connectivity index (χ0) is 25.1. The van der Waals surface area contributed by atoms with Crippen LogP contribution in [0.15, 0.2) is 14.5 Å². The Hall–Kier alpha value is -2.23. The summed E-state index contributed by atoms with van der Waals surface area (Å²) in [5.41, 5.74) is 0.168. The molecule has 0 bridgehead atoms. The molecule has 0 saturated carbocycles.